The van der Waals surface area contributed by atoms with Gasteiger partial charge in [0.2, 0.25) is 0 Å². The van der Waals surface area contributed by atoms with Gasteiger partial charge in [0, 0.05) is 12.6 Å². The average molecular weight is 294 g/mol. The van der Waals surface area contributed by atoms with E-state index in [4.69, 9.17) is 0 Å². The van der Waals surface area contributed by atoms with Gasteiger partial charge in [0.25, 0.3) is 5.91 Å². The Bertz CT molecular complexity index is 435. The molecule has 20 heavy (non-hydrogen) atoms. The van der Waals surface area contributed by atoms with E-state index in [0.717, 1.165) is 30.9 Å². The maximum Gasteiger partial charge on any atom is 0.264 e. The number of hydrogen-bond donors (Lipinski definition) is 1. The fourth-order valence-electron chi connectivity index (χ4n) is 2.80. The molecule has 0 aromatic carbocycles. The van der Waals surface area contributed by atoms with Crippen molar-refractivity contribution in [2.45, 2.75) is 46.1 Å². The summed E-state index contributed by atoms with van der Waals surface area (Å²) >= 11 is 1.59. The number of nitrogens with one attached hydrogen (secondary N) is 1. The number of nitrogens with zero attached hydrogens (tertiary/aromatic N) is 1. The largest absolute Gasteiger partial charge is 0.335 e. The first-order chi connectivity index (χ1) is 9.63. The van der Waals surface area contributed by atoms with Crippen LogP contribution in [0.3, 0.4) is 0 Å². The van der Waals surface area contributed by atoms with Crippen LogP contribution in [-0.2, 0) is 6.42 Å². The van der Waals surface area contributed by atoms with E-state index in [9.17, 15) is 4.79 Å². The maximum absolute atomic E-state index is 12.8. The molecule has 0 spiro atoms. The molecule has 0 bridgehead atoms. The third-order valence-corrected chi connectivity index (χ3v) is 5.06. The van der Waals surface area contributed by atoms with Crippen molar-refractivity contribution in [1.82, 2.24) is 10.2 Å². The van der Waals surface area contributed by atoms with Gasteiger partial charge in [-0.25, -0.2) is 0 Å². The SMILES string of the molecule is CCc1ccsc1C(=O)N(CC1CCNCC1)C(C)C. The Hall–Kier alpha value is -0.870. The zero-order valence-electron chi connectivity index (χ0n) is 12.8. The van der Waals surface area contributed by atoms with Crippen LogP contribution in [0.2, 0.25) is 0 Å². The van der Waals surface area contributed by atoms with E-state index in [2.05, 4.69) is 37.1 Å². The van der Waals surface area contributed by atoms with Crippen molar-refractivity contribution in [2.24, 2.45) is 5.92 Å². The Balaban J connectivity index is 2.09. The highest BCUT2D eigenvalue weighted by Crippen LogP contribution is 2.23. The molecule has 0 radical (unpaired) electrons. The van der Waals surface area contributed by atoms with Gasteiger partial charge in [-0.1, -0.05) is 6.92 Å². The van der Waals surface area contributed by atoms with Crippen LogP contribution in [0.4, 0.5) is 0 Å². The summed E-state index contributed by atoms with van der Waals surface area (Å²) in [4.78, 5) is 15.8. The Morgan fingerprint density at radius 3 is 2.75 bits per heavy atom. The van der Waals surface area contributed by atoms with Crippen LogP contribution < -0.4 is 5.32 Å². The molecular weight excluding hydrogens is 268 g/mol. The van der Waals surface area contributed by atoms with Crippen LogP contribution >= 0.6 is 11.3 Å². The summed E-state index contributed by atoms with van der Waals surface area (Å²) in [5.74, 6) is 0.873. The van der Waals surface area contributed by atoms with Gasteiger partial charge >= 0.3 is 0 Å². The van der Waals surface area contributed by atoms with Crippen LogP contribution in [0.5, 0.6) is 0 Å². The highest BCUT2D eigenvalue weighted by molar-refractivity contribution is 7.12. The first-order valence-corrected chi connectivity index (χ1v) is 8.59. The summed E-state index contributed by atoms with van der Waals surface area (Å²) in [7, 11) is 0. The van der Waals surface area contributed by atoms with Gasteiger partial charge in [-0.15, -0.1) is 11.3 Å². The Kier molecular flexibility index (Phi) is 5.61. The summed E-state index contributed by atoms with van der Waals surface area (Å²) in [6, 6.07) is 2.35. The quantitative estimate of drug-likeness (QED) is 0.904. The fraction of sp³-hybridized carbons (Fsp3) is 0.688. The van der Waals surface area contributed by atoms with E-state index >= 15 is 0 Å². The number of piperidine rings is 1. The standard InChI is InChI=1S/C16H26N2OS/c1-4-14-7-10-20-15(14)16(19)18(12(2)3)11-13-5-8-17-9-6-13/h7,10,12-13,17H,4-6,8-9,11H2,1-3H3. The van der Waals surface area contributed by atoms with Crippen LogP contribution in [0, 0.1) is 5.92 Å². The highest BCUT2D eigenvalue weighted by Gasteiger charge is 2.25. The van der Waals surface area contributed by atoms with Crippen molar-refractivity contribution in [3.63, 3.8) is 0 Å². The van der Waals surface area contributed by atoms with Crippen molar-refractivity contribution in [3.8, 4) is 0 Å². The van der Waals surface area contributed by atoms with Crippen molar-refractivity contribution < 1.29 is 4.79 Å². The molecule has 0 unspecified atom stereocenters. The highest BCUT2D eigenvalue weighted by atomic mass is 32.1. The predicted molar refractivity (Wildman–Crippen MR) is 85.5 cm³/mol. The minimum absolute atomic E-state index is 0.227. The lowest BCUT2D eigenvalue weighted by molar-refractivity contribution is 0.0662. The number of amides is 1. The van der Waals surface area contributed by atoms with Crippen molar-refractivity contribution in [3.05, 3.63) is 21.9 Å². The second kappa shape index (κ2) is 7.23. The summed E-state index contributed by atoms with van der Waals surface area (Å²) in [6.07, 6.45) is 3.30. The minimum atomic E-state index is 0.227. The Morgan fingerprint density at radius 2 is 2.15 bits per heavy atom. The molecule has 1 saturated heterocycles. The maximum atomic E-state index is 12.8. The molecule has 1 N–H and O–H groups in total. The number of aryl methyl sites for hydroxylation is 1. The first kappa shape index (κ1) is 15.5. The van der Waals surface area contributed by atoms with Gasteiger partial charge < -0.3 is 10.2 Å². The third kappa shape index (κ3) is 3.61. The molecule has 0 aliphatic carbocycles. The lowest BCUT2D eigenvalue weighted by Gasteiger charge is -2.32. The second-order valence-electron chi connectivity index (χ2n) is 5.87. The molecule has 1 aliphatic rings. The van der Waals surface area contributed by atoms with Gasteiger partial charge in [-0.3, -0.25) is 4.79 Å². The summed E-state index contributed by atoms with van der Waals surface area (Å²) in [6.45, 7) is 9.44. The summed E-state index contributed by atoms with van der Waals surface area (Å²) < 4.78 is 0. The number of carbonyl (C=O) groups excluding carboxylic acids is 1. The number of hydrogen-bond acceptors (Lipinski definition) is 3. The normalized spacial score (nSPS) is 16.6. The summed E-state index contributed by atoms with van der Waals surface area (Å²) in [5.41, 5.74) is 1.19. The summed E-state index contributed by atoms with van der Waals surface area (Å²) in [5, 5.41) is 5.43. The van der Waals surface area contributed by atoms with Crippen molar-refractivity contribution in [2.75, 3.05) is 19.6 Å². The minimum Gasteiger partial charge on any atom is -0.335 e. The molecule has 1 aliphatic heterocycles. The zero-order chi connectivity index (χ0) is 14.5. The Labute approximate surface area is 126 Å². The first-order valence-electron chi connectivity index (χ1n) is 7.71. The Morgan fingerprint density at radius 1 is 1.45 bits per heavy atom. The van der Waals surface area contributed by atoms with E-state index in [-0.39, 0.29) is 11.9 Å². The molecule has 4 heteroatoms. The van der Waals surface area contributed by atoms with Crippen molar-refractivity contribution in [1.29, 1.82) is 0 Å². The number of thiophene rings is 1. The molecule has 1 aromatic rings. The van der Waals surface area contributed by atoms with Gasteiger partial charge in [-0.2, -0.15) is 0 Å². The molecule has 0 atom stereocenters. The topological polar surface area (TPSA) is 32.3 Å². The van der Waals surface area contributed by atoms with Crippen LogP contribution in [0.1, 0.15) is 48.8 Å². The van der Waals surface area contributed by atoms with Gasteiger partial charge in [0.1, 0.15) is 0 Å². The number of rotatable bonds is 5. The average Bonchev–Trinajstić information content (AvgIpc) is 2.93. The van der Waals surface area contributed by atoms with Gasteiger partial charge in [0.15, 0.2) is 0 Å². The molecule has 2 heterocycles. The molecule has 1 amide bonds. The number of carbonyl (C=O) groups is 1. The van der Waals surface area contributed by atoms with E-state index in [0.29, 0.717) is 5.92 Å². The smallest absolute Gasteiger partial charge is 0.264 e. The van der Waals surface area contributed by atoms with E-state index in [1.54, 1.807) is 11.3 Å². The predicted octanol–water partition coefficient (Wildman–Crippen LogP) is 3.16. The second-order valence-corrected chi connectivity index (χ2v) is 6.79. The molecule has 3 nitrogen and oxygen atoms in total. The zero-order valence-corrected chi connectivity index (χ0v) is 13.6. The van der Waals surface area contributed by atoms with Crippen LogP contribution in [0.25, 0.3) is 0 Å². The van der Waals surface area contributed by atoms with Gasteiger partial charge in [-0.05, 0) is 69.1 Å². The van der Waals surface area contributed by atoms with E-state index < -0.39 is 0 Å². The van der Waals surface area contributed by atoms with E-state index in [1.807, 2.05) is 5.38 Å². The van der Waals surface area contributed by atoms with Crippen LogP contribution in [-0.4, -0.2) is 36.5 Å². The molecule has 1 fully saturated rings. The molecular formula is C16H26N2OS. The molecule has 0 saturated carbocycles. The lowest BCUT2D eigenvalue weighted by Crippen LogP contribution is -2.42. The van der Waals surface area contributed by atoms with Gasteiger partial charge in [0.05, 0.1) is 4.88 Å². The third-order valence-electron chi connectivity index (χ3n) is 4.12. The van der Waals surface area contributed by atoms with Crippen LogP contribution in [0.15, 0.2) is 11.4 Å². The van der Waals surface area contributed by atoms with E-state index in [1.165, 1.54) is 18.4 Å². The molecule has 1 aromatic heterocycles. The molecule has 112 valence electrons. The monoisotopic (exact) mass is 294 g/mol. The fourth-order valence-corrected chi connectivity index (χ4v) is 3.75. The lowest BCUT2D eigenvalue weighted by atomic mass is 9.97. The molecule has 2 rings (SSSR count). The van der Waals surface area contributed by atoms with Crippen molar-refractivity contribution >= 4 is 17.2 Å².